The number of aryl methyl sites for hydroxylation is 2. The molecular formula is C14H22N6O4. The predicted octanol–water partition coefficient (Wildman–Crippen LogP) is -0.188. The lowest BCUT2D eigenvalue weighted by Gasteiger charge is -2.21. The van der Waals surface area contributed by atoms with E-state index in [0.717, 1.165) is 11.5 Å². The fraction of sp³-hybridized carbons (Fsp3) is 0.500. The molecule has 0 spiro atoms. The molecule has 0 aliphatic rings. The average molecular weight is 338 g/mol. The van der Waals surface area contributed by atoms with Gasteiger partial charge >= 0.3 is 0 Å². The molecule has 2 rings (SSSR count). The van der Waals surface area contributed by atoms with Crippen molar-refractivity contribution in [1.29, 1.82) is 0 Å². The number of aliphatic hydroxyl groups excluding tert-OH is 1. The van der Waals surface area contributed by atoms with E-state index in [1.165, 1.54) is 6.33 Å². The van der Waals surface area contributed by atoms with Gasteiger partial charge in [-0.15, -0.1) is 0 Å². The highest BCUT2D eigenvalue weighted by molar-refractivity contribution is 5.76. The summed E-state index contributed by atoms with van der Waals surface area (Å²) in [7, 11) is 0. The molecule has 2 aromatic heterocycles. The van der Waals surface area contributed by atoms with Crippen molar-refractivity contribution in [3.05, 3.63) is 30.4 Å². The second-order valence-electron chi connectivity index (χ2n) is 4.90. The first-order chi connectivity index (χ1) is 11.6. The molecule has 0 aromatic carbocycles. The highest BCUT2D eigenvalue weighted by Gasteiger charge is 2.14. The molecule has 0 saturated heterocycles. The van der Waals surface area contributed by atoms with E-state index in [9.17, 15) is 4.79 Å². The second kappa shape index (κ2) is 10.9. The summed E-state index contributed by atoms with van der Waals surface area (Å²) < 4.78 is 1.70. The summed E-state index contributed by atoms with van der Waals surface area (Å²) in [5.74, 6) is 0.823. The molecular weight excluding hydrogens is 316 g/mol. The number of carbonyl (C=O) groups excluding carboxylic acids is 1. The molecule has 2 aromatic rings. The van der Waals surface area contributed by atoms with Crippen molar-refractivity contribution in [2.24, 2.45) is 0 Å². The summed E-state index contributed by atoms with van der Waals surface area (Å²) in [6.07, 6.45) is 5.91. The number of hydrogen-bond acceptors (Lipinski definition) is 6. The Bertz CT molecular complexity index is 598. The van der Waals surface area contributed by atoms with Crippen LogP contribution in [0.2, 0.25) is 0 Å². The van der Waals surface area contributed by atoms with Crippen molar-refractivity contribution in [3.63, 3.8) is 0 Å². The molecule has 0 unspecified atom stereocenters. The van der Waals surface area contributed by atoms with Gasteiger partial charge in [-0.3, -0.25) is 14.3 Å². The molecule has 0 radical (unpaired) electrons. The number of imidazole rings is 1. The number of hydrogen-bond donors (Lipinski definition) is 3. The van der Waals surface area contributed by atoms with E-state index in [1.807, 2.05) is 6.92 Å². The number of aromatic amines is 1. The standard InChI is InChI=1S/C13H20N6O2.CH2O2/c1-11-15-7-12(17-11)8-18(5-6-20)13(21)3-2-4-19-10-14-9-16-19;2-1-3/h7,9-10,20H,2-6,8H2,1H3,(H,15,17);1H,(H,2,3). The lowest BCUT2D eigenvalue weighted by atomic mass is 10.2. The van der Waals surface area contributed by atoms with Crippen LogP contribution in [0.1, 0.15) is 24.4 Å². The van der Waals surface area contributed by atoms with E-state index in [4.69, 9.17) is 15.0 Å². The van der Waals surface area contributed by atoms with E-state index in [1.54, 1.807) is 22.1 Å². The number of H-pyrrole nitrogens is 1. The van der Waals surface area contributed by atoms with E-state index in [2.05, 4.69) is 20.1 Å². The Balaban J connectivity index is 0.000000891. The minimum atomic E-state index is -0.250. The zero-order valence-corrected chi connectivity index (χ0v) is 13.5. The molecule has 0 aliphatic carbocycles. The first-order valence-corrected chi connectivity index (χ1v) is 7.40. The maximum atomic E-state index is 12.2. The lowest BCUT2D eigenvalue weighted by molar-refractivity contribution is -0.132. The van der Waals surface area contributed by atoms with E-state index in [0.29, 0.717) is 32.5 Å². The predicted molar refractivity (Wildman–Crippen MR) is 83.8 cm³/mol. The van der Waals surface area contributed by atoms with Crippen LogP contribution < -0.4 is 0 Å². The number of nitrogens with zero attached hydrogens (tertiary/aromatic N) is 5. The fourth-order valence-electron chi connectivity index (χ4n) is 2.07. The van der Waals surface area contributed by atoms with Gasteiger partial charge in [0.05, 0.1) is 25.0 Å². The largest absolute Gasteiger partial charge is 0.483 e. The fourth-order valence-corrected chi connectivity index (χ4v) is 2.07. The molecule has 24 heavy (non-hydrogen) atoms. The summed E-state index contributed by atoms with van der Waals surface area (Å²) in [6, 6.07) is 0. The Hall–Kier alpha value is -2.75. The third-order valence-electron chi connectivity index (χ3n) is 3.08. The molecule has 2 heterocycles. The number of carboxylic acid groups (broad SMARTS) is 1. The van der Waals surface area contributed by atoms with Crippen LogP contribution in [0, 0.1) is 6.92 Å². The van der Waals surface area contributed by atoms with Gasteiger partial charge in [0.1, 0.15) is 18.5 Å². The van der Waals surface area contributed by atoms with E-state index >= 15 is 0 Å². The third kappa shape index (κ3) is 7.01. The van der Waals surface area contributed by atoms with Gasteiger partial charge in [-0.2, -0.15) is 5.10 Å². The van der Waals surface area contributed by atoms with Crippen molar-refractivity contribution in [1.82, 2.24) is 29.6 Å². The number of nitrogens with one attached hydrogen (secondary N) is 1. The number of carbonyl (C=O) groups is 2. The van der Waals surface area contributed by atoms with E-state index in [-0.39, 0.29) is 19.0 Å². The normalized spacial score (nSPS) is 9.92. The minimum Gasteiger partial charge on any atom is -0.483 e. The monoisotopic (exact) mass is 338 g/mol. The van der Waals surface area contributed by atoms with Crippen molar-refractivity contribution in [2.45, 2.75) is 32.9 Å². The summed E-state index contributed by atoms with van der Waals surface area (Å²) in [6.45, 7) is 2.97. The molecule has 0 aliphatic heterocycles. The van der Waals surface area contributed by atoms with Crippen LogP contribution >= 0.6 is 0 Å². The van der Waals surface area contributed by atoms with Crippen LogP contribution in [0.25, 0.3) is 0 Å². The van der Waals surface area contributed by atoms with Crippen LogP contribution in [0.3, 0.4) is 0 Å². The molecule has 0 saturated carbocycles. The molecule has 10 heteroatoms. The Morgan fingerprint density at radius 2 is 2.25 bits per heavy atom. The van der Waals surface area contributed by atoms with Gasteiger partial charge in [0, 0.05) is 19.5 Å². The second-order valence-corrected chi connectivity index (χ2v) is 4.90. The van der Waals surface area contributed by atoms with Crippen LogP contribution in [0.5, 0.6) is 0 Å². The van der Waals surface area contributed by atoms with Gasteiger partial charge in [-0.25, -0.2) is 9.97 Å². The minimum absolute atomic E-state index is 0.0106. The number of aromatic nitrogens is 5. The maximum Gasteiger partial charge on any atom is 0.290 e. The van der Waals surface area contributed by atoms with Crippen molar-refractivity contribution >= 4 is 12.4 Å². The quantitative estimate of drug-likeness (QED) is 0.567. The third-order valence-corrected chi connectivity index (χ3v) is 3.08. The average Bonchev–Trinajstić information content (AvgIpc) is 3.19. The van der Waals surface area contributed by atoms with Crippen LogP contribution in [-0.4, -0.2) is 65.4 Å². The van der Waals surface area contributed by atoms with Gasteiger partial charge in [0.15, 0.2) is 0 Å². The molecule has 0 fully saturated rings. The van der Waals surface area contributed by atoms with Gasteiger partial charge in [0.25, 0.3) is 6.47 Å². The summed E-state index contributed by atoms with van der Waals surface area (Å²) >= 11 is 0. The molecule has 1 amide bonds. The Labute approximate surface area is 139 Å². The molecule has 0 atom stereocenters. The SMILES string of the molecule is Cc1ncc(CN(CCO)C(=O)CCCn2cncn2)[nH]1.O=CO. The van der Waals surface area contributed by atoms with Crippen molar-refractivity contribution in [2.75, 3.05) is 13.2 Å². The highest BCUT2D eigenvalue weighted by Crippen LogP contribution is 2.06. The zero-order valence-electron chi connectivity index (χ0n) is 13.5. The smallest absolute Gasteiger partial charge is 0.290 e. The number of rotatable bonds is 8. The first-order valence-electron chi connectivity index (χ1n) is 7.40. The maximum absolute atomic E-state index is 12.2. The number of amides is 1. The van der Waals surface area contributed by atoms with Crippen LogP contribution in [0.4, 0.5) is 0 Å². The van der Waals surface area contributed by atoms with E-state index < -0.39 is 0 Å². The van der Waals surface area contributed by atoms with Gasteiger partial charge < -0.3 is 20.1 Å². The molecule has 132 valence electrons. The van der Waals surface area contributed by atoms with Crippen molar-refractivity contribution in [3.8, 4) is 0 Å². The number of aliphatic hydroxyl groups is 1. The molecule has 0 bridgehead atoms. The van der Waals surface area contributed by atoms with Gasteiger partial charge in [0.2, 0.25) is 5.91 Å². The van der Waals surface area contributed by atoms with Gasteiger partial charge in [-0.1, -0.05) is 0 Å². The molecule has 10 nitrogen and oxygen atoms in total. The topological polar surface area (TPSA) is 137 Å². The Morgan fingerprint density at radius 3 is 2.79 bits per heavy atom. The van der Waals surface area contributed by atoms with Crippen LogP contribution in [-0.2, 0) is 22.7 Å². The summed E-state index contributed by atoms with van der Waals surface area (Å²) in [4.78, 5) is 33.3. The summed E-state index contributed by atoms with van der Waals surface area (Å²) in [5.41, 5.74) is 0.866. The highest BCUT2D eigenvalue weighted by atomic mass is 16.3. The Kier molecular flexibility index (Phi) is 8.76. The van der Waals surface area contributed by atoms with Gasteiger partial charge in [-0.05, 0) is 13.3 Å². The zero-order chi connectivity index (χ0) is 17.8. The molecule has 3 N–H and O–H groups in total. The Morgan fingerprint density at radius 1 is 1.50 bits per heavy atom. The van der Waals surface area contributed by atoms with Crippen molar-refractivity contribution < 1.29 is 19.8 Å². The summed E-state index contributed by atoms with van der Waals surface area (Å²) in [5, 5.41) is 20.0. The lowest BCUT2D eigenvalue weighted by Crippen LogP contribution is -2.33. The van der Waals surface area contributed by atoms with Crippen LogP contribution in [0.15, 0.2) is 18.9 Å². The first kappa shape index (κ1) is 19.3.